The SMILES string of the molecule is COC(=O)CCn1ccn(-c2ccc(F)cc2)c(=O)c1=O. The summed E-state index contributed by atoms with van der Waals surface area (Å²) in [6.45, 7) is 0.0605. The van der Waals surface area contributed by atoms with Crippen LogP contribution in [0.25, 0.3) is 5.69 Å². The summed E-state index contributed by atoms with van der Waals surface area (Å²) in [7, 11) is 1.25. The van der Waals surface area contributed by atoms with Crippen LogP contribution in [0, 0.1) is 5.82 Å². The number of hydrogen-bond donors (Lipinski definition) is 0. The van der Waals surface area contributed by atoms with Gasteiger partial charge < -0.3 is 9.30 Å². The van der Waals surface area contributed by atoms with E-state index in [-0.39, 0.29) is 13.0 Å². The molecule has 0 N–H and O–H groups in total. The van der Waals surface area contributed by atoms with Gasteiger partial charge in [0.05, 0.1) is 13.5 Å². The monoisotopic (exact) mass is 292 g/mol. The summed E-state index contributed by atoms with van der Waals surface area (Å²) in [4.78, 5) is 35.0. The van der Waals surface area contributed by atoms with E-state index in [2.05, 4.69) is 4.74 Å². The van der Waals surface area contributed by atoms with Crippen LogP contribution >= 0.6 is 0 Å². The van der Waals surface area contributed by atoms with Crippen LogP contribution in [0.4, 0.5) is 4.39 Å². The number of methoxy groups -OCH3 is 1. The van der Waals surface area contributed by atoms with Crippen molar-refractivity contribution in [2.24, 2.45) is 0 Å². The Morgan fingerprint density at radius 2 is 1.81 bits per heavy atom. The smallest absolute Gasteiger partial charge is 0.320 e. The minimum Gasteiger partial charge on any atom is -0.469 e. The largest absolute Gasteiger partial charge is 0.469 e. The predicted octanol–water partition coefficient (Wildman–Crippen LogP) is 0.701. The van der Waals surface area contributed by atoms with E-state index >= 15 is 0 Å². The molecule has 21 heavy (non-hydrogen) atoms. The van der Waals surface area contributed by atoms with Crippen LogP contribution in [-0.4, -0.2) is 22.2 Å². The minimum absolute atomic E-state index is 0.00356. The lowest BCUT2D eigenvalue weighted by Gasteiger charge is -2.08. The van der Waals surface area contributed by atoms with Gasteiger partial charge in [-0.25, -0.2) is 4.39 Å². The molecule has 1 aromatic heterocycles. The van der Waals surface area contributed by atoms with Crippen molar-refractivity contribution in [3.63, 3.8) is 0 Å². The van der Waals surface area contributed by atoms with Crippen molar-refractivity contribution in [2.45, 2.75) is 13.0 Å². The molecule has 0 saturated carbocycles. The van der Waals surface area contributed by atoms with Crippen LogP contribution in [0.5, 0.6) is 0 Å². The zero-order valence-corrected chi connectivity index (χ0v) is 11.3. The summed E-state index contributed by atoms with van der Waals surface area (Å²) >= 11 is 0. The molecule has 0 radical (unpaired) electrons. The molecular formula is C14H13FN2O4. The van der Waals surface area contributed by atoms with Crippen molar-refractivity contribution in [3.05, 3.63) is 63.2 Å². The summed E-state index contributed by atoms with van der Waals surface area (Å²) in [6, 6.07) is 5.19. The molecule has 0 aliphatic rings. The van der Waals surface area contributed by atoms with Gasteiger partial charge >= 0.3 is 17.1 Å². The minimum atomic E-state index is -0.769. The van der Waals surface area contributed by atoms with E-state index in [1.54, 1.807) is 0 Å². The number of benzene rings is 1. The Hall–Kier alpha value is -2.70. The molecule has 110 valence electrons. The maximum atomic E-state index is 12.9. The second kappa shape index (κ2) is 6.17. The van der Waals surface area contributed by atoms with Crippen molar-refractivity contribution in [1.29, 1.82) is 0 Å². The Labute approximate surface area is 119 Å². The number of esters is 1. The Morgan fingerprint density at radius 1 is 1.14 bits per heavy atom. The van der Waals surface area contributed by atoms with Gasteiger partial charge in [0.25, 0.3) is 0 Å². The van der Waals surface area contributed by atoms with Crippen LogP contribution in [0.2, 0.25) is 0 Å². The van der Waals surface area contributed by atoms with Crippen LogP contribution in [0.3, 0.4) is 0 Å². The third kappa shape index (κ3) is 3.25. The zero-order chi connectivity index (χ0) is 15.4. The summed E-state index contributed by atoms with van der Waals surface area (Å²) < 4.78 is 19.6. The Balaban J connectivity index is 2.34. The molecule has 6 nitrogen and oxygen atoms in total. The third-order valence-corrected chi connectivity index (χ3v) is 2.95. The highest BCUT2D eigenvalue weighted by molar-refractivity contribution is 5.68. The van der Waals surface area contributed by atoms with Crippen LogP contribution < -0.4 is 11.1 Å². The van der Waals surface area contributed by atoms with Crippen molar-refractivity contribution in [2.75, 3.05) is 7.11 Å². The van der Waals surface area contributed by atoms with Gasteiger partial charge in [-0.05, 0) is 24.3 Å². The second-order valence-electron chi connectivity index (χ2n) is 4.27. The van der Waals surface area contributed by atoms with E-state index in [0.29, 0.717) is 5.69 Å². The molecule has 7 heteroatoms. The molecule has 0 unspecified atom stereocenters. The molecule has 0 bridgehead atoms. The first-order valence-corrected chi connectivity index (χ1v) is 6.18. The van der Waals surface area contributed by atoms with Gasteiger partial charge in [-0.1, -0.05) is 0 Å². The molecule has 0 aliphatic carbocycles. The first kappa shape index (κ1) is 14.7. The lowest BCUT2D eigenvalue weighted by atomic mass is 10.3. The molecule has 2 aromatic rings. The third-order valence-electron chi connectivity index (χ3n) is 2.95. The fourth-order valence-corrected chi connectivity index (χ4v) is 1.80. The number of ether oxygens (including phenoxy) is 1. The quantitative estimate of drug-likeness (QED) is 0.614. The van der Waals surface area contributed by atoms with Gasteiger partial charge in [0.2, 0.25) is 0 Å². The summed E-state index contributed by atoms with van der Waals surface area (Å²) in [5.74, 6) is -0.900. The average Bonchev–Trinajstić information content (AvgIpc) is 2.49. The maximum Gasteiger partial charge on any atom is 0.320 e. The van der Waals surface area contributed by atoms with Crippen LogP contribution in [0.15, 0.2) is 46.2 Å². The van der Waals surface area contributed by atoms with Crippen molar-refractivity contribution < 1.29 is 13.9 Å². The van der Waals surface area contributed by atoms with Crippen LogP contribution in [0.1, 0.15) is 6.42 Å². The maximum absolute atomic E-state index is 12.9. The number of rotatable bonds is 4. The lowest BCUT2D eigenvalue weighted by molar-refractivity contribution is -0.140. The second-order valence-corrected chi connectivity index (χ2v) is 4.27. The zero-order valence-electron chi connectivity index (χ0n) is 11.3. The van der Waals surface area contributed by atoms with E-state index in [0.717, 1.165) is 9.13 Å². The van der Waals surface area contributed by atoms with Gasteiger partial charge in [0.15, 0.2) is 0 Å². The van der Waals surface area contributed by atoms with Gasteiger partial charge in [0, 0.05) is 24.6 Å². The Morgan fingerprint density at radius 3 is 2.43 bits per heavy atom. The molecule has 0 aliphatic heterocycles. The molecule has 1 heterocycles. The lowest BCUT2D eigenvalue weighted by Crippen LogP contribution is -2.40. The number of hydrogen-bond acceptors (Lipinski definition) is 4. The van der Waals surface area contributed by atoms with Crippen molar-refractivity contribution in [3.8, 4) is 5.69 Å². The number of carbonyl (C=O) groups excluding carboxylic acids is 1. The van der Waals surface area contributed by atoms with Gasteiger partial charge in [-0.2, -0.15) is 0 Å². The molecular weight excluding hydrogens is 279 g/mol. The molecule has 0 spiro atoms. The number of aryl methyl sites for hydroxylation is 1. The number of carbonyl (C=O) groups is 1. The average molecular weight is 292 g/mol. The molecule has 0 saturated heterocycles. The van der Waals surface area contributed by atoms with Crippen molar-refractivity contribution in [1.82, 2.24) is 9.13 Å². The number of halogens is 1. The highest BCUT2D eigenvalue weighted by Gasteiger charge is 2.08. The first-order valence-electron chi connectivity index (χ1n) is 6.18. The Kier molecular flexibility index (Phi) is 4.32. The van der Waals surface area contributed by atoms with E-state index in [1.807, 2.05) is 0 Å². The van der Waals surface area contributed by atoms with E-state index in [1.165, 1.54) is 43.8 Å². The number of aromatic nitrogens is 2. The van der Waals surface area contributed by atoms with Crippen molar-refractivity contribution >= 4 is 5.97 Å². The highest BCUT2D eigenvalue weighted by Crippen LogP contribution is 2.05. The molecule has 0 atom stereocenters. The predicted molar refractivity (Wildman–Crippen MR) is 72.9 cm³/mol. The normalized spacial score (nSPS) is 10.4. The Bertz CT molecular complexity index is 762. The van der Waals surface area contributed by atoms with E-state index in [4.69, 9.17) is 0 Å². The van der Waals surface area contributed by atoms with E-state index < -0.39 is 22.9 Å². The van der Waals surface area contributed by atoms with Gasteiger partial charge in [0.1, 0.15) is 5.82 Å². The molecule has 0 amide bonds. The topological polar surface area (TPSA) is 70.3 Å². The van der Waals surface area contributed by atoms with E-state index in [9.17, 15) is 18.8 Å². The molecule has 0 fully saturated rings. The number of nitrogens with zero attached hydrogens (tertiary/aromatic N) is 2. The molecule has 2 rings (SSSR count). The standard InChI is InChI=1S/C14H13FN2O4/c1-21-12(18)6-7-16-8-9-17(14(20)13(16)19)11-4-2-10(15)3-5-11/h2-5,8-9H,6-7H2,1H3. The molecule has 1 aromatic carbocycles. The first-order chi connectivity index (χ1) is 10.0. The van der Waals surface area contributed by atoms with Gasteiger partial charge in [-0.15, -0.1) is 0 Å². The fraction of sp³-hybridized carbons (Fsp3) is 0.214. The summed E-state index contributed by atoms with van der Waals surface area (Å²) in [6.07, 6.45) is 2.79. The van der Waals surface area contributed by atoms with Gasteiger partial charge in [-0.3, -0.25) is 19.0 Å². The summed E-state index contributed by atoms with van der Waals surface area (Å²) in [5, 5.41) is 0. The highest BCUT2D eigenvalue weighted by atomic mass is 19.1. The fourth-order valence-electron chi connectivity index (χ4n) is 1.80. The van der Waals surface area contributed by atoms with Crippen LogP contribution in [-0.2, 0) is 16.1 Å². The summed E-state index contributed by atoms with van der Waals surface area (Å²) in [5.41, 5.74) is -1.14.